The van der Waals surface area contributed by atoms with Crippen LogP contribution in [0.1, 0.15) is 29.3 Å². The van der Waals surface area contributed by atoms with Gasteiger partial charge in [-0.25, -0.2) is 13.3 Å². The van der Waals surface area contributed by atoms with E-state index in [4.69, 9.17) is 0 Å². The predicted octanol–water partition coefficient (Wildman–Crippen LogP) is 4.42. The third-order valence-electron chi connectivity index (χ3n) is 5.35. The molecule has 0 spiro atoms. The molecule has 3 aromatic carbocycles. The molecule has 0 radical (unpaired) electrons. The number of carbonyl (C=O) groups excluding carboxylic acids is 3. The summed E-state index contributed by atoms with van der Waals surface area (Å²) in [7, 11) is -3.71. The lowest BCUT2D eigenvalue weighted by Crippen LogP contribution is -2.31. The van der Waals surface area contributed by atoms with Crippen LogP contribution in [0.4, 0.5) is 11.4 Å². The molecule has 34 heavy (non-hydrogen) atoms. The maximum atomic E-state index is 12.9. The van der Waals surface area contributed by atoms with Gasteiger partial charge in [0, 0.05) is 22.6 Å². The second-order valence-electron chi connectivity index (χ2n) is 7.92. The van der Waals surface area contributed by atoms with Crippen LogP contribution in [0.2, 0.25) is 0 Å². The summed E-state index contributed by atoms with van der Waals surface area (Å²) >= 11 is 1.25. The molecule has 7 nitrogen and oxygen atoms in total. The first kappa shape index (κ1) is 23.7. The molecule has 2 amide bonds. The van der Waals surface area contributed by atoms with Gasteiger partial charge in [0.15, 0.2) is 5.78 Å². The van der Waals surface area contributed by atoms with Crippen LogP contribution in [0.3, 0.4) is 0 Å². The molecular formula is C25H22N2O5S2. The molecule has 0 saturated carbocycles. The van der Waals surface area contributed by atoms with Gasteiger partial charge in [-0.1, -0.05) is 17.7 Å². The highest BCUT2D eigenvalue weighted by atomic mass is 32.2. The van der Waals surface area contributed by atoms with Gasteiger partial charge in [0.25, 0.3) is 10.0 Å². The second-order valence-corrected chi connectivity index (χ2v) is 10.9. The number of nitrogens with zero attached hydrogens (tertiary/aromatic N) is 1. The minimum absolute atomic E-state index is 0.0553. The van der Waals surface area contributed by atoms with Crippen LogP contribution in [-0.2, 0) is 19.6 Å². The van der Waals surface area contributed by atoms with E-state index in [9.17, 15) is 22.8 Å². The Morgan fingerprint density at radius 1 is 0.941 bits per heavy atom. The van der Waals surface area contributed by atoms with Gasteiger partial charge in [0.2, 0.25) is 11.8 Å². The Kier molecular flexibility index (Phi) is 6.58. The van der Waals surface area contributed by atoms with Crippen molar-refractivity contribution in [2.75, 3.05) is 9.62 Å². The number of rotatable bonds is 7. The summed E-state index contributed by atoms with van der Waals surface area (Å²) in [6.45, 7) is 3.33. The molecule has 0 aliphatic carbocycles. The van der Waals surface area contributed by atoms with Gasteiger partial charge in [-0.05, 0) is 74.5 Å². The number of hydrogen-bond donors (Lipinski definition) is 1. The monoisotopic (exact) mass is 494 g/mol. The third-order valence-corrected chi connectivity index (χ3v) is 7.95. The number of imide groups is 1. The molecule has 1 saturated heterocycles. The maximum Gasteiger partial charge on any atom is 0.261 e. The Labute approximate surface area is 202 Å². The SMILES string of the molecule is CC(=O)c1ccc(N2C(=O)CC(Sc3ccc(NS(=O)(=O)c4ccc(C)cc4)cc3)C2=O)cc1. The van der Waals surface area contributed by atoms with E-state index < -0.39 is 15.3 Å². The Bertz CT molecular complexity index is 1350. The Balaban J connectivity index is 1.43. The first-order valence-electron chi connectivity index (χ1n) is 10.5. The molecule has 1 unspecified atom stereocenters. The molecule has 1 atom stereocenters. The van der Waals surface area contributed by atoms with Crippen molar-refractivity contribution in [1.29, 1.82) is 0 Å². The minimum atomic E-state index is -3.71. The zero-order valence-electron chi connectivity index (χ0n) is 18.5. The molecule has 9 heteroatoms. The van der Waals surface area contributed by atoms with Gasteiger partial charge in [0.05, 0.1) is 15.8 Å². The van der Waals surface area contributed by atoms with E-state index in [1.165, 1.54) is 18.7 Å². The quantitative estimate of drug-likeness (QED) is 0.385. The van der Waals surface area contributed by atoms with E-state index >= 15 is 0 Å². The van der Waals surface area contributed by atoms with E-state index in [1.54, 1.807) is 72.8 Å². The van der Waals surface area contributed by atoms with Crippen molar-refractivity contribution < 1.29 is 22.8 Å². The van der Waals surface area contributed by atoms with Crippen molar-refractivity contribution in [2.45, 2.75) is 35.3 Å². The second kappa shape index (κ2) is 9.44. The van der Waals surface area contributed by atoms with Crippen molar-refractivity contribution in [1.82, 2.24) is 0 Å². The zero-order chi connectivity index (χ0) is 24.5. The van der Waals surface area contributed by atoms with Crippen molar-refractivity contribution in [2.24, 2.45) is 0 Å². The van der Waals surface area contributed by atoms with Gasteiger partial charge >= 0.3 is 0 Å². The number of ketones is 1. The lowest BCUT2D eigenvalue weighted by Gasteiger charge is -2.15. The molecule has 3 aromatic rings. The number of carbonyl (C=O) groups is 3. The van der Waals surface area contributed by atoms with Crippen molar-refractivity contribution in [3.8, 4) is 0 Å². The Hall–Kier alpha value is -3.43. The number of Topliss-reactive ketones (excluding diaryl/α,β-unsaturated/α-hetero) is 1. The van der Waals surface area contributed by atoms with E-state index in [0.29, 0.717) is 16.9 Å². The first-order chi connectivity index (χ1) is 16.1. The van der Waals surface area contributed by atoms with Crippen LogP contribution in [0.25, 0.3) is 0 Å². The number of anilines is 2. The molecule has 0 aromatic heterocycles. The van der Waals surface area contributed by atoms with Crippen LogP contribution in [0.5, 0.6) is 0 Å². The largest absolute Gasteiger partial charge is 0.295 e. The van der Waals surface area contributed by atoms with E-state index in [-0.39, 0.29) is 28.9 Å². The molecule has 1 fully saturated rings. The number of sulfonamides is 1. The fourth-order valence-corrected chi connectivity index (χ4v) is 5.62. The highest BCUT2D eigenvalue weighted by Gasteiger charge is 2.40. The molecule has 174 valence electrons. The van der Waals surface area contributed by atoms with Gasteiger partial charge in [-0.2, -0.15) is 0 Å². The number of nitrogens with one attached hydrogen (secondary N) is 1. The van der Waals surface area contributed by atoms with Crippen molar-refractivity contribution in [3.63, 3.8) is 0 Å². The molecule has 0 bridgehead atoms. The van der Waals surface area contributed by atoms with Crippen LogP contribution >= 0.6 is 11.8 Å². The first-order valence-corrected chi connectivity index (χ1v) is 12.8. The van der Waals surface area contributed by atoms with Gasteiger partial charge in [-0.15, -0.1) is 11.8 Å². The average Bonchev–Trinajstić information content (AvgIpc) is 3.08. The summed E-state index contributed by atoms with van der Waals surface area (Å²) in [6.07, 6.45) is 0.0553. The summed E-state index contributed by atoms with van der Waals surface area (Å²) in [6, 6.07) is 19.6. The summed E-state index contributed by atoms with van der Waals surface area (Å²) < 4.78 is 27.7. The molecule has 1 N–H and O–H groups in total. The summed E-state index contributed by atoms with van der Waals surface area (Å²) in [4.78, 5) is 38.9. The molecular weight excluding hydrogens is 472 g/mol. The van der Waals surface area contributed by atoms with Crippen LogP contribution in [0, 0.1) is 6.92 Å². The molecule has 4 rings (SSSR count). The summed E-state index contributed by atoms with van der Waals surface area (Å²) in [5.41, 5.74) is 2.30. The third kappa shape index (κ3) is 5.05. The number of amides is 2. The fourth-order valence-electron chi connectivity index (χ4n) is 3.51. The number of benzene rings is 3. The Morgan fingerprint density at radius 2 is 1.56 bits per heavy atom. The fraction of sp³-hybridized carbons (Fsp3) is 0.160. The summed E-state index contributed by atoms with van der Waals surface area (Å²) in [5.74, 6) is -0.723. The zero-order valence-corrected chi connectivity index (χ0v) is 20.2. The Morgan fingerprint density at radius 3 is 2.15 bits per heavy atom. The van der Waals surface area contributed by atoms with E-state index in [2.05, 4.69) is 4.72 Å². The number of hydrogen-bond acceptors (Lipinski definition) is 6. The molecule has 1 aliphatic rings. The topological polar surface area (TPSA) is 101 Å². The molecule has 1 heterocycles. The standard InChI is InChI=1S/C25H22N2O5S2/c1-16-3-13-22(14-4-16)34(31,32)26-19-7-11-21(12-8-19)33-23-15-24(29)27(25(23)30)20-9-5-18(6-10-20)17(2)28/h3-14,23,26H,15H2,1-2H3. The highest BCUT2D eigenvalue weighted by Crippen LogP contribution is 2.34. The minimum Gasteiger partial charge on any atom is -0.295 e. The number of aryl methyl sites for hydroxylation is 1. The van der Waals surface area contributed by atoms with Gasteiger partial charge < -0.3 is 0 Å². The van der Waals surface area contributed by atoms with Gasteiger partial charge in [-0.3, -0.25) is 19.1 Å². The summed E-state index contributed by atoms with van der Waals surface area (Å²) in [5, 5.41) is -0.588. The average molecular weight is 495 g/mol. The van der Waals surface area contributed by atoms with Crippen LogP contribution in [0.15, 0.2) is 82.6 Å². The van der Waals surface area contributed by atoms with Gasteiger partial charge in [0.1, 0.15) is 0 Å². The number of thioether (sulfide) groups is 1. The molecule has 1 aliphatic heterocycles. The van der Waals surface area contributed by atoms with Crippen molar-refractivity contribution >= 4 is 50.8 Å². The normalized spacial score (nSPS) is 16.1. The lowest BCUT2D eigenvalue weighted by molar-refractivity contribution is -0.121. The van der Waals surface area contributed by atoms with Crippen molar-refractivity contribution in [3.05, 3.63) is 83.9 Å². The lowest BCUT2D eigenvalue weighted by atomic mass is 10.1. The maximum absolute atomic E-state index is 12.9. The smallest absolute Gasteiger partial charge is 0.261 e. The predicted molar refractivity (Wildman–Crippen MR) is 132 cm³/mol. The van der Waals surface area contributed by atoms with Crippen LogP contribution in [-0.4, -0.2) is 31.3 Å². The highest BCUT2D eigenvalue weighted by molar-refractivity contribution is 8.00. The van der Waals surface area contributed by atoms with E-state index in [0.717, 1.165) is 15.4 Å². The van der Waals surface area contributed by atoms with E-state index in [1.807, 2.05) is 6.92 Å². The van der Waals surface area contributed by atoms with Crippen LogP contribution < -0.4 is 9.62 Å².